The second kappa shape index (κ2) is 3.11. The van der Waals surface area contributed by atoms with Gasteiger partial charge in [-0.25, -0.2) is 0 Å². The van der Waals surface area contributed by atoms with Crippen molar-refractivity contribution in [2.24, 2.45) is 0 Å². The molecule has 3 N–H and O–H groups in total. The number of rotatable bonds is 3. The van der Waals surface area contributed by atoms with E-state index < -0.39 is 22.2 Å². The topological polar surface area (TPSA) is 94.8 Å². The molecule has 5 nitrogen and oxygen atoms in total. The summed E-state index contributed by atoms with van der Waals surface area (Å²) < 4.78 is 27.8. The van der Waals surface area contributed by atoms with Gasteiger partial charge in [0.2, 0.25) is 0 Å². The van der Waals surface area contributed by atoms with Gasteiger partial charge < -0.3 is 10.2 Å². The van der Waals surface area contributed by atoms with E-state index in [9.17, 15) is 8.42 Å². The third-order valence-electron chi connectivity index (χ3n) is 0.634. The molecule has 0 atom stereocenters. The van der Waals surface area contributed by atoms with Crippen LogP contribution in [0.4, 0.5) is 0 Å². The standard InChI is InChI=1S/C3H8O5S/c4-3(5)1-2-9(6,7)8/h3-5H,1-2H2,(H,6,7,8). The van der Waals surface area contributed by atoms with Crippen molar-refractivity contribution in [1.29, 1.82) is 0 Å². The molecule has 0 aromatic heterocycles. The van der Waals surface area contributed by atoms with Crippen molar-refractivity contribution in [2.75, 3.05) is 5.75 Å². The van der Waals surface area contributed by atoms with Gasteiger partial charge in [-0.1, -0.05) is 0 Å². The molecule has 0 unspecified atom stereocenters. The fourth-order valence-corrected chi connectivity index (χ4v) is 0.763. The van der Waals surface area contributed by atoms with Crippen LogP contribution in [0.5, 0.6) is 0 Å². The molecule has 0 heterocycles. The Morgan fingerprint density at radius 1 is 1.33 bits per heavy atom. The van der Waals surface area contributed by atoms with Crippen molar-refractivity contribution in [3.63, 3.8) is 0 Å². The SMILES string of the molecule is O=S(=O)(O)CCC(O)O. The summed E-state index contributed by atoms with van der Waals surface area (Å²) in [6.07, 6.45) is -2.04. The summed E-state index contributed by atoms with van der Waals surface area (Å²) in [7, 11) is -4.04. The molecule has 0 fully saturated rings. The van der Waals surface area contributed by atoms with Crippen molar-refractivity contribution in [3.05, 3.63) is 0 Å². The van der Waals surface area contributed by atoms with Crippen molar-refractivity contribution in [3.8, 4) is 0 Å². The fraction of sp³-hybridized carbons (Fsp3) is 1.00. The normalized spacial score (nSPS) is 12.4. The molecule has 0 aliphatic carbocycles. The van der Waals surface area contributed by atoms with Crippen molar-refractivity contribution in [2.45, 2.75) is 12.7 Å². The van der Waals surface area contributed by atoms with Gasteiger partial charge in [0.15, 0.2) is 6.29 Å². The highest BCUT2D eigenvalue weighted by Crippen LogP contribution is 1.90. The second-order valence-electron chi connectivity index (χ2n) is 1.56. The van der Waals surface area contributed by atoms with E-state index >= 15 is 0 Å². The molecule has 0 aliphatic rings. The van der Waals surface area contributed by atoms with E-state index in [0.717, 1.165) is 0 Å². The van der Waals surface area contributed by atoms with Crippen LogP contribution in [-0.2, 0) is 10.1 Å². The molecule has 0 aromatic rings. The average molecular weight is 156 g/mol. The van der Waals surface area contributed by atoms with E-state index in [-0.39, 0.29) is 6.42 Å². The first-order chi connectivity index (χ1) is 3.92. The molecule has 0 radical (unpaired) electrons. The summed E-state index contributed by atoms with van der Waals surface area (Å²) >= 11 is 0. The fourth-order valence-electron chi connectivity index (χ4n) is 0.254. The first-order valence-electron chi connectivity index (χ1n) is 2.23. The minimum Gasteiger partial charge on any atom is -0.368 e. The van der Waals surface area contributed by atoms with Crippen LogP contribution in [0.15, 0.2) is 0 Å². The van der Waals surface area contributed by atoms with Gasteiger partial charge in [-0.15, -0.1) is 0 Å². The Balaban J connectivity index is 3.53. The molecule has 0 saturated heterocycles. The highest BCUT2D eigenvalue weighted by atomic mass is 32.2. The van der Waals surface area contributed by atoms with Gasteiger partial charge in [-0.3, -0.25) is 4.55 Å². The molecule has 0 aromatic carbocycles. The van der Waals surface area contributed by atoms with E-state index in [4.69, 9.17) is 14.8 Å². The van der Waals surface area contributed by atoms with E-state index in [1.807, 2.05) is 0 Å². The second-order valence-corrected chi connectivity index (χ2v) is 3.13. The first kappa shape index (κ1) is 8.83. The number of hydrogen-bond donors (Lipinski definition) is 3. The third-order valence-corrected chi connectivity index (χ3v) is 1.39. The van der Waals surface area contributed by atoms with Gasteiger partial charge in [0, 0.05) is 6.42 Å². The van der Waals surface area contributed by atoms with Crippen LogP contribution in [0.1, 0.15) is 6.42 Å². The Morgan fingerprint density at radius 2 is 1.78 bits per heavy atom. The van der Waals surface area contributed by atoms with Crippen molar-refractivity contribution < 1.29 is 23.2 Å². The predicted octanol–water partition coefficient (Wildman–Crippen LogP) is -1.43. The predicted molar refractivity (Wildman–Crippen MR) is 29.3 cm³/mol. The Bertz CT molecular complexity index is 157. The molecule has 0 amide bonds. The molecule has 0 bridgehead atoms. The third kappa shape index (κ3) is 7.83. The maximum absolute atomic E-state index is 9.87. The lowest BCUT2D eigenvalue weighted by atomic mass is 10.5. The monoisotopic (exact) mass is 156 g/mol. The summed E-state index contributed by atoms with van der Waals surface area (Å²) in [6, 6.07) is 0. The Kier molecular flexibility index (Phi) is 3.06. The first-order valence-corrected chi connectivity index (χ1v) is 3.84. The lowest BCUT2D eigenvalue weighted by molar-refractivity contribution is -0.0409. The maximum atomic E-state index is 9.87. The Labute approximate surface area is 52.7 Å². The smallest absolute Gasteiger partial charge is 0.265 e. The number of aliphatic hydroxyl groups excluding tert-OH is 1. The van der Waals surface area contributed by atoms with E-state index in [0.29, 0.717) is 0 Å². The van der Waals surface area contributed by atoms with E-state index in [1.54, 1.807) is 0 Å². The van der Waals surface area contributed by atoms with Gasteiger partial charge in [-0.2, -0.15) is 8.42 Å². The highest BCUT2D eigenvalue weighted by molar-refractivity contribution is 7.85. The van der Waals surface area contributed by atoms with Crippen LogP contribution in [0.25, 0.3) is 0 Å². The molecule has 0 saturated carbocycles. The molecule has 6 heteroatoms. The van der Waals surface area contributed by atoms with E-state index in [2.05, 4.69) is 0 Å². The van der Waals surface area contributed by atoms with Gasteiger partial charge in [0.1, 0.15) is 0 Å². The average Bonchev–Trinajstić information content (AvgIpc) is 1.59. The Hall–Kier alpha value is -0.170. The zero-order chi connectivity index (χ0) is 7.49. The van der Waals surface area contributed by atoms with Gasteiger partial charge in [0.05, 0.1) is 5.75 Å². The highest BCUT2D eigenvalue weighted by Gasteiger charge is 2.06. The minimum atomic E-state index is -4.04. The van der Waals surface area contributed by atoms with Crippen molar-refractivity contribution in [1.82, 2.24) is 0 Å². The summed E-state index contributed by atoms with van der Waals surface area (Å²) in [5.74, 6) is -0.620. The van der Waals surface area contributed by atoms with Gasteiger partial charge in [0.25, 0.3) is 10.1 Å². The molecule has 0 aliphatic heterocycles. The van der Waals surface area contributed by atoms with Crippen LogP contribution in [0, 0.1) is 0 Å². The van der Waals surface area contributed by atoms with E-state index in [1.165, 1.54) is 0 Å². The summed E-state index contributed by atoms with van der Waals surface area (Å²) in [5, 5.41) is 16.2. The molecule has 56 valence electrons. The van der Waals surface area contributed by atoms with Crippen LogP contribution >= 0.6 is 0 Å². The molecular formula is C3H8O5S. The lowest BCUT2D eigenvalue weighted by Crippen LogP contribution is -2.12. The van der Waals surface area contributed by atoms with Crippen LogP contribution in [-0.4, -0.2) is 35.2 Å². The van der Waals surface area contributed by atoms with Crippen molar-refractivity contribution >= 4 is 10.1 Å². The number of hydrogen-bond acceptors (Lipinski definition) is 4. The zero-order valence-electron chi connectivity index (χ0n) is 4.56. The summed E-state index contributed by atoms with van der Waals surface area (Å²) in [6.45, 7) is 0. The van der Waals surface area contributed by atoms with Crippen LogP contribution in [0.3, 0.4) is 0 Å². The van der Waals surface area contributed by atoms with Gasteiger partial charge in [-0.05, 0) is 0 Å². The van der Waals surface area contributed by atoms with Gasteiger partial charge >= 0.3 is 0 Å². The zero-order valence-corrected chi connectivity index (χ0v) is 5.37. The van der Waals surface area contributed by atoms with Crippen LogP contribution < -0.4 is 0 Å². The number of aliphatic hydroxyl groups is 2. The molecular weight excluding hydrogens is 148 g/mol. The summed E-state index contributed by atoms with van der Waals surface area (Å²) in [5.41, 5.74) is 0. The minimum absolute atomic E-state index is 0.362. The Morgan fingerprint density at radius 3 is 1.89 bits per heavy atom. The largest absolute Gasteiger partial charge is 0.368 e. The quantitative estimate of drug-likeness (QED) is 0.344. The molecule has 0 rings (SSSR count). The maximum Gasteiger partial charge on any atom is 0.265 e. The molecule has 9 heavy (non-hydrogen) atoms. The molecule has 0 spiro atoms. The summed E-state index contributed by atoms with van der Waals surface area (Å²) in [4.78, 5) is 0. The lowest BCUT2D eigenvalue weighted by Gasteiger charge is -1.98. The van der Waals surface area contributed by atoms with Crippen LogP contribution in [0.2, 0.25) is 0 Å².